The van der Waals surface area contributed by atoms with E-state index >= 15 is 0 Å². The molecule has 2 heteroatoms. The summed E-state index contributed by atoms with van der Waals surface area (Å²) in [7, 11) is 3.36. The van der Waals surface area contributed by atoms with E-state index in [1.807, 2.05) is 30.3 Å². The number of benzene rings is 2. The van der Waals surface area contributed by atoms with Crippen LogP contribution in [-0.2, 0) is 0 Å². The monoisotopic (exact) mass is 228 g/mol. The van der Waals surface area contributed by atoms with Gasteiger partial charge in [-0.05, 0) is 47.9 Å². The average molecular weight is 228 g/mol. The van der Waals surface area contributed by atoms with E-state index in [1.165, 1.54) is 11.1 Å². The summed E-state index contributed by atoms with van der Waals surface area (Å²) in [5.41, 5.74) is 3.53. The molecule has 0 aliphatic heterocycles. The molecule has 0 fully saturated rings. The van der Waals surface area contributed by atoms with Gasteiger partial charge in [0.1, 0.15) is 11.5 Å². The van der Waals surface area contributed by atoms with Crippen LogP contribution in [0, 0.1) is 6.92 Å². The van der Waals surface area contributed by atoms with Crippen LogP contribution in [-0.4, -0.2) is 14.2 Å². The Kier molecular flexibility index (Phi) is 3.33. The first-order chi connectivity index (χ1) is 8.24. The maximum absolute atomic E-state index is 5.26. The fraction of sp³-hybridized carbons (Fsp3) is 0.200. The van der Waals surface area contributed by atoms with Crippen molar-refractivity contribution in [1.29, 1.82) is 0 Å². The van der Waals surface area contributed by atoms with Gasteiger partial charge >= 0.3 is 0 Å². The fourth-order valence-electron chi connectivity index (χ4n) is 1.83. The highest BCUT2D eigenvalue weighted by Gasteiger charge is 2.04. The van der Waals surface area contributed by atoms with Gasteiger partial charge in [-0.25, -0.2) is 0 Å². The van der Waals surface area contributed by atoms with Gasteiger partial charge in [-0.3, -0.25) is 0 Å². The van der Waals surface area contributed by atoms with Crippen LogP contribution in [0.5, 0.6) is 11.5 Å². The molecule has 0 unspecified atom stereocenters. The summed E-state index contributed by atoms with van der Waals surface area (Å²) < 4.78 is 10.5. The van der Waals surface area contributed by atoms with Gasteiger partial charge in [0.05, 0.1) is 14.2 Å². The van der Waals surface area contributed by atoms with Crippen LogP contribution in [0.3, 0.4) is 0 Å². The molecule has 0 aromatic heterocycles. The molecule has 17 heavy (non-hydrogen) atoms. The Labute approximate surface area is 102 Å². The first kappa shape index (κ1) is 11.5. The summed E-state index contributed by atoms with van der Waals surface area (Å²) >= 11 is 0. The van der Waals surface area contributed by atoms with Gasteiger partial charge in [0, 0.05) is 0 Å². The maximum Gasteiger partial charge on any atom is 0.119 e. The molecule has 0 bridgehead atoms. The first-order valence-corrected chi connectivity index (χ1v) is 5.53. The van der Waals surface area contributed by atoms with Crippen molar-refractivity contribution in [1.82, 2.24) is 0 Å². The smallest absolute Gasteiger partial charge is 0.119 e. The highest BCUT2D eigenvalue weighted by molar-refractivity contribution is 5.70. The fourth-order valence-corrected chi connectivity index (χ4v) is 1.83. The van der Waals surface area contributed by atoms with E-state index in [0.717, 1.165) is 17.1 Å². The largest absolute Gasteiger partial charge is 0.497 e. The summed E-state index contributed by atoms with van der Waals surface area (Å²) in [6, 6.07) is 14.1. The molecular formula is C15H16O2. The van der Waals surface area contributed by atoms with Crippen LogP contribution in [0.1, 0.15) is 5.56 Å². The summed E-state index contributed by atoms with van der Waals surface area (Å²) in [5.74, 6) is 1.73. The minimum absolute atomic E-state index is 0.865. The van der Waals surface area contributed by atoms with Crippen LogP contribution in [0.2, 0.25) is 0 Å². The number of rotatable bonds is 3. The molecule has 88 valence electrons. The molecule has 0 saturated carbocycles. The topological polar surface area (TPSA) is 18.5 Å². The van der Waals surface area contributed by atoms with Crippen LogP contribution < -0.4 is 9.47 Å². The second-order valence-corrected chi connectivity index (χ2v) is 3.91. The third-order valence-corrected chi connectivity index (χ3v) is 2.83. The standard InChI is InChI=1S/C15H16O2/c1-11-7-8-14(17-3)10-15(11)12-5-4-6-13(9-12)16-2/h4-10H,1-3H3. The van der Waals surface area contributed by atoms with Crippen molar-refractivity contribution in [2.75, 3.05) is 14.2 Å². The van der Waals surface area contributed by atoms with Crippen LogP contribution in [0.4, 0.5) is 0 Å². The van der Waals surface area contributed by atoms with E-state index < -0.39 is 0 Å². The molecule has 0 N–H and O–H groups in total. The molecule has 0 atom stereocenters. The lowest BCUT2D eigenvalue weighted by Gasteiger charge is -2.09. The maximum atomic E-state index is 5.26. The molecule has 0 aliphatic carbocycles. The minimum Gasteiger partial charge on any atom is -0.497 e. The molecule has 0 heterocycles. The van der Waals surface area contributed by atoms with Crippen molar-refractivity contribution in [2.45, 2.75) is 6.92 Å². The number of ether oxygens (including phenoxy) is 2. The Morgan fingerprint density at radius 1 is 0.824 bits per heavy atom. The Morgan fingerprint density at radius 2 is 1.53 bits per heavy atom. The summed E-state index contributed by atoms with van der Waals surface area (Å²) in [4.78, 5) is 0. The van der Waals surface area contributed by atoms with E-state index in [-0.39, 0.29) is 0 Å². The Hall–Kier alpha value is -1.96. The first-order valence-electron chi connectivity index (χ1n) is 5.53. The molecule has 2 aromatic rings. The predicted octanol–water partition coefficient (Wildman–Crippen LogP) is 3.68. The van der Waals surface area contributed by atoms with Gasteiger partial charge in [0.25, 0.3) is 0 Å². The lowest BCUT2D eigenvalue weighted by atomic mass is 10.00. The molecule has 2 aromatic carbocycles. The second-order valence-electron chi connectivity index (χ2n) is 3.91. The molecule has 0 amide bonds. The summed E-state index contributed by atoms with van der Waals surface area (Å²) in [6.07, 6.45) is 0. The normalized spacial score (nSPS) is 10.1. The predicted molar refractivity (Wildman–Crippen MR) is 69.7 cm³/mol. The third kappa shape index (κ3) is 2.41. The Morgan fingerprint density at radius 3 is 2.24 bits per heavy atom. The van der Waals surface area contributed by atoms with E-state index in [4.69, 9.17) is 9.47 Å². The van der Waals surface area contributed by atoms with Crippen molar-refractivity contribution in [2.24, 2.45) is 0 Å². The highest BCUT2D eigenvalue weighted by atomic mass is 16.5. The number of hydrogen-bond acceptors (Lipinski definition) is 2. The summed E-state index contributed by atoms with van der Waals surface area (Å²) in [5, 5.41) is 0. The van der Waals surface area contributed by atoms with Crippen molar-refractivity contribution < 1.29 is 9.47 Å². The second kappa shape index (κ2) is 4.91. The minimum atomic E-state index is 0.865. The zero-order valence-corrected chi connectivity index (χ0v) is 10.4. The quantitative estimate of drug-likeness (QED) is 0.797. The van der Waals surface area contributed by atoms with Crippen molar-refractivity contribution in [3.63, 3.8) is 0 Å². The summed E-state index contributed by atoms with van der Waals surface area (Å²) in [6.45, 7) is 2.09. The van der Waals surface area contributed by atoms with Crippen LogP contribution >= 0.6 is 0 Å². The molecule has 0 aliphatic rings. The average Bonchev–Trinajstić information content (AvgIpc) is 2.39. The number of methoxy groups -OCH3 is 2. The molecule has 0 saturated heterocycles. The molecule has 2 nitrogen and oxygen atoms in total. The Balaban J connectivity index is 2.50. The van der Waals surface area contributed by atoms with Gasteiger partial charge in [-0.1, -0.05) is 18.2 Å². The van der Waals surface area contributed by atoms with Crippen LogP contribution in [0.15, 0.2) is 42.5 Å². The van der Waals surface area contributed by atoms with Gasteiger partial charge in [0.15, 0.2) is 0 Å². The van der Waals surface area contributed by atoms with Gasteiger partial charge in [-0.2, -0.15) is 0 Å². The lowest BCUT2D eigenvalue weighted by Crippen LogP contribution is -1.88. The third-order valence-electron chi connectivity index (χ3n) is 2.83. The van der Waals surface area contributed by atoms with Gasteiger partial charge < -0.3 is 9.47 Å². The van der Waals surface area contributed by atoms with E-state index in [1.54, 1.807) is 14.2 Å². The molecular weight excluding hydrogens is 212 g/mol. The molecule has 2 rings (SSSR count). The SMILES string of the molecule is COc1cccc(-c2cc(OC)ccc2C)c1. The highest BCUT2D eigenvalue weighted by Crippen LogP contribution is 2.29. The van der Waals surface area contributed by atoms with Crippen LogP contribution in [0.25, 0.3) is 11.1 Å². The number of hydrogen-bond donors (Lipinski definition) is 0. The van der Waals surface area contributed by atoms with Crippen molar-refractivity contribution in [3.8, 4) is 22.6 Å². The van der Waals surface area contributed by atoms with E-state index in [9.17, 15) is 0 Å². The zero-order valence-electron chi connectivity index (χ0n) is 10.4. The Bertz CT molecular complexity index is 518. The van der Waals surface area contributed by atoms with Gasteiger partial charge in [0.2, 0.25) is 0 Å². The van der Waals surface area contributed by atoms with E-state index in [2.05, 4.69) is 19.1 Å². The van der Waals surface area contributed by atoms with Crippen molar-refractivity contribution in [3.05, 3.63) is 48.0 Å². The van der Waals surface area contributed by atoms with Gasteiger partial charge in [-0.15, -0.1) is 0 Å². The lowest BCUT2D eigenvalue weighted by molar-refractivity contribution is 0.414. The zero-order chi connectivity index (χ0) is 12.3. The molecule has 0 spiro atoms. The van der Waals surface area contributed by atoms with Crippen molar-refractivity contribution >= 4 is 0 Å². The number of aryl methyl sites for hydroxylation is 1. The molecule has 0 radical (unpaired) electrons. The van der Waals surface area contributed by atoms with E-state index in [0.29, 0.717) is 0 Å².